The van der Waals surface area contributed by atoms with Crippen LogP contribution in [-0.2, 0) is 17.8 Å². The van der Waals surface area contributed by atoms with Crippen LogP contribution in [0.3, 0.4) is 0 Å². The van der Waals surface area contributed by atoms with Gasteiger partial charge in [-0.15, -0.1) is 0 Å². The van der Waals surface area contributed by atoms with Crippen LogP contribution < -0.4 is 10.6 Å². The number of amides is 1. The Balaban J connectivity index is 1.64. The number of halogens is 1. The molecule has 0 radical (unpaired) electrons. The maximum atomic E-state index is 12.8. The fourth-order valence-corrected chi connectivity index (χ4v) is 2.15. The van der Waals surface area contributed by atoms with Gasteiger partial charge >= 0.3 is 0 Å². The Kier molecular flexibility index (Phi) is 6.10. The van der Waals surface area contributed by atoms with E-state index in [1.165, 1.54) is 17.7 Å². The third-order valence-electron chi connectivity index (χ3n) is 3.53. The summed E-state index contributed by atoms with van der Waals surface area (Å²) in [4.78, 5) is 11.8. The molecule has 2 aromatic rings. The molecule has 0 aliphatic heterocycles. The molecule has 0 spiro atoms. The van der Waals surface area contributed by atoms with Crippen LogP contribution >= 0.6 is 0 Å². The maximum absolute atomic E-state index is 12.8. The molecule has 22 heavy (non-hydrogen) atoms. The van der Waals surface area contributed by atoms with E-state index in [0.717, 1.165) is 17.5 Å². The van der Waals surface area contributed by atoms with Gasteiger partial charge in [0.2, 0.25) is 5.91 Å². The van der Waals surface area contributed by atoms with Gasteiger partial charge in [0.05, 0.1) is 6.54 Å². The third-order valence-corrected chi connectivity index (χ3v) is 3.53. The Morgan fingerprint density at radius 3 is 2.55 bits per heavy atom. The van der Waals surface area contributed by atoms with Crippen molar-refractivity contribution in [1.29, 1.82) is 0 Å². The van der Waals surface area contributed by atoms with E-state index >= 15 is 0 Å². The van der Waals surface area contributed by atoms with Gasteiger partial charge in [-0.2, -0.15) is 0 Å². The number of carbonyl (C=O) groups excluding carboxylic acids is 1. The van der Waals surface area contributed by atoms with E-state index in [0.29, 0.717) is 13.1 Å². The number of carbonyl (C=O) groups is 1. The summed E-state index contributed by atoms with van der Waals surface area (Å²) in [6, 6.07) is 14.4. The molecular weight excluding hydrogens is 279 g/mol. The van der Waals surface area contributed by atoms with Gasteiger partial charge in [0.1, 0.15) is 5.82 Å². The fraction of sp³-hybridized carbons (Fsp3) is 0.278. The molecule has 0 saturated heterocycles. The van der Waals surface area contributed by atoms with E-state index < -0.39 is 0 Å². The molecular formula is C18H21FN2O. The van der Waals surface area contributed by atoms with Gasteiger partial charge in [0.25, 0.3) is 0 Å². The van der Waals surface area contributed by atoms with E-state index in [9.17, 15) is 9.18 Å². The van der Waals surface area contributed by atoms with Crippen molar-refractivity contribution >= 4 is 5.91 Å². The van der Waals surface area contributed by atoms with Gasteiger partial charge in [-0.05, 0) is 48.7 Å². The van der Waals surface area contributed by atoms with Crippen LogP contribution in [0.15, 0.2) is 48.5 Å². The van der Waals surface area contributed by atoms with Crippen molar-refractivity contribution in [2.45, 2.75) is 19.9 Å². The van der Waals surface area contributed by atoms with Crippen LogP contribution in [0.1, 0.15) is 16.7 Å². The average Bonchev–Trinajstić information content (AvgIpc) is 2.52. The molecule has 4 heteroatoms. The lowest BCUT2D eigenvalue weighted by Gasteiger charge is -2.09. The molecule has 0 aliphatic carbocycles. The van der Waals surface area contributed by atoms with Crippen LogP contribution in [-0.4, -0.2) is 19.0 Å². The number of aryl methyl sites for hydroxylation is 1. The second kappa shape index (κ2) is 8.29. The SMILES string of the molecule is Cc1ccccc1CNC(=O)CNCCc1ccc(F)cc1. The van der Waals surface area contributed by atoms with Gasteiger partial charge in [0.15, 0.2) is 0 Å². The lowest BCUT2D eigenvalue weighted by molar-refractivity contribution is -0.120. The molecule has 0 heterocycles. The van der Waals surface area contributed by atoms with Crippen molar-refractivity contribution in [1.82, 2.24) is 10.6 Å². The molecule has 0 unspecified atom stereocenters. The van der Waals surface area contributed by atoms with Gasteiger partial charge < -0.3 is 10.6 Å². The van der Waals surface area contributed by atoms with E-state index in [4.69, 9.17) is 0 Å². The Labute approximate surface area is 130 Å². The van der Waals surface area contributed by atoms with E-state index in [-0.39, 0.29) is 18.3 Å². The molecule has 116 valence electrons. The van der Waals surface area contributed by atoms with Crippen molar-refractivity contribution in [2.24, 2.45) is 0 Å². The van der Waals surface area contributed by atoms with E-state index in [2.05, 4.69) is 10.6 Å². The van der Waals surface area contributed by atoms with Crippen LogP contribution in [0.2, 0.25) is 0 Å². The van der Waals surface area contributed by atoms with Gasteiger partial charge in [-0.1, -0.05) is 36.4 Å². The second-order valence-electron chi connectivity index (χ2n) is 5.26. The fourth-order valence-electron chi connectivity index (χ4n) is 2.15. The zero-order chi connectivity index (χ0) is 15.8. The summed E-state index contributed by atoms with van der Waals surface area (Å²) < 4.78 is 12.8. The number of nitrogens with one attached hydrogen (secondary N) is 2. The molecule has 2 rings (SSSR count). The largest absolute Gasteiger partial charge is 0.351 e. The molecule has 0 bridgehead atoms. The van der Waals surface area contributed by atoms with E-state index in [1.54, 1.807) is 12.1 Å². The van der Waals surface area contributed by atoms with Crippen LogP contribution in [0, 0.1) is 12.7 Å². The summed E-state index contributed by atoms with van der Waals surface area (Å²) in [5.41, 5.74) is 3.35. The van der Waals surface area contributed by atoms with Crippen LogP contribution in [0.4, 0.5) is 4.39 Å². The molecule has 2 aromatic carbocycles. The molecule has 0 saturated carbocycles. The topological polar surface area (TPSA) is 41.1 Å². The minimum absolute atomic E-state index is 0.0256. The van der Waals surface area contributed by atoms with Crippen molar-refractivity contribution in [3.8, 4) is 0 Å². The number of hydrogen-bond donors (Lipinski definition) is 2. The first-order valence-electron chi connectivity index (χ1n) is 7.41. The van der Waals surface area contributed by atoms with Crippen molar-refractivity contribution in [3.63, 3.8) is 0 Å². The minimum Gasteiger partial charge on any atom is -0.351 e. The summed E-state index contributed by atoms with van der Waals surface area (Å²) in [5.74, 6) is -0.255. The summed E-state index contributed by atoms with van der Waals surface area (Å²) in [5, 5.41) is 5.99. The summed E-state index contributed by atoms with van der Waals surface area (Å²) in [6.07, 6.45) is 0.769. The van der Waals surface area contributed by atoms with Crippen molar-refractivity contribution in [3.05, 3.63) is 71.0 Å². The number of hydrogen-bond acceptors (Lipinski definition) is 2. The lowest BCUT2D eigenvalue weighted by atomic mass is 10.1. The summed E-state index contributed by atoms with van der Waals surface area (Å²) in [7, 11) is 0. The van der Waals surface area contributed by atoms with Crippen LogP contribution in [0.25, 0.3) is 0 Å². The maximum Gasteiger partial charge on any atom is 0.234 e. The normalized spacial score (nSPS) is 10.5. The third kappa shape index (κ3) is 5.30. The first-order chi connectivity index (χ1) is 10.6. The molecule has 0 aromatic heterocycles. The first kappa shape index (κ1) is 16.2. The molecule has 2 N–H and O–H groups in total. The highest BCUT2D eigenvalue weighted by molar-refractivity contribution is 5.78. The molecule has 0 aliphatic rings. The first-order valence-corrected chi connectivity index (χ1v) is 7.41. The molecule has 3 nitrogen and oxygen atoms in total. The summed E-state index contributed by atoms with van der Waals surface area (Å²) in [6.45, 7) is 3.55. The molecule has 1 amide bonds. The van der Waals surface area contributed by atoms with Crippen molar-refractivity contribution < 1.29 is 9.18 Å². The zero-order valence-electron chi connectivity index (χ0n) is 12.7. The van der Waals surface area contributed by atoms with Crippen LogP contribution in [0.5, 0.6) is 0 Å². The van der Waals surface area contributed by atoms with E-state index in [1.807, 2.05) is 31.2 Å². The Bertz CT molecular complexity index is 611. The number of benzene rings is 2. The predicted octanol–water partition coefficient (Wildman–Crippen LogP) is 2.58. The smallest absolute Gasteiger partial charge is 0.234 e. The predicted molar refractivity (Wildman–Crippen MR) is 86.0 cm³/mol. The second-order valence-corrected chi connectivity index (χ2v) is 5.26. The highest BCUT2D eigenvalue weighted by Crippen LogP contribution is 2.06. The Morgan fingerprint density at radius 2 is 1.82 bits per heavy atom. The van der Waals surface area contributed by atoms with Gasteiger partial charge in [0, 0.05) is 6.54 Å². The van der Waals surface area contributed by atoms with Gasteiger partial charge in [-0.3, -0.25) is 4.79 Å². The van der Waals surface area contributed by atoms with Crippen molar-refractivity contribution in [2.75, 3.05) is 13.1 Å². The minimum atomic E-state index is -0.229. The molecule has 0 fully saturated rings. The van der Waals surface area contributed by atoms with Gasteiger partial charge in [-0.25, -0.2) is 4.39 Å². The average molecular weight is 300 g/mol. The zero-order valence-corrected chi connectivity index (χ0v) is 12.7. The summed E-state index contributed by atoms with van der Waals surface area (Å²) >= 11 is 0. The Hall–Kier alpha value is -2.20. The highest BCUT2D eigenvalue weighted by Gasteiger charge is 2.02. The lowest BCUT2D eigenvalue weighted by Crippen LogP contribution is -2.34. The molecule has 0 atom stereocenters. The highest BCUT2D eigenvalue weighted by atomic mass is 19.1. The quantitative estimate of drug-likeness (QED) is 0.772. The Morgan fingerprint density at radius 1 is 1.09 bits per heavy atom. The monoisotopic (exact) mass is 300 g/mol. The number of rotatable bonds is 7. The standard InChI is InChI=1S/C18H21FN2O/c1-14-4-2-3-5-16(14)12-21-18(22)13-20-11-10-15-6-8-17(19)9-7-15/h2-9,20H,10-13H2,1H3,(H,21,22).